The summed E-state index contributed by atoms with van der Waals surface area (Å²) in [6, 6.07) is 13.0. The minimum atomic E-state index is -0.651. The summed E-state index contributed by atoms with van der Waals surface area (Å²) in [6.45, 7) is 10.7. The molecule has 5 amide bonds. The van der Waals surface area contributed by atoms with Crippen LogP contribution in [0.2, 0.25) is 0 Å². The number of nitrogens with one attached hydrogen (secondary N) is 5. The third-order valence-corrected chi connectivity index (χ3v) is 10.4. The lowest BCUT2D eigenvalue weighted by Gasteiger charge is -2.41. The summed E-state index contributed by atoms with van der Waals surface area (Å²) >= 11 is 0. The van der Waals surface area contributed by atoms with Crippen LogP contribution in [0.3, 0.4) is 0 Å². The number of hydrogen-bond acceptors (Lipinski definition) is 9. The molecule has 7 N–H and O–H groups in total. The molecule has 0 unspecified atom stereocenters. The molecule has 4 aliphatic rings. The molecule has 6 rings (SSSR count). The van der Waals surface area contributed by atoms with Crippen molar-refractivity contribution in [2.45, 2.75) is 116 Å². The third-order valence-electron chi connectivity index (χ3n) is 10.4. The predicted octanol–water partition coefficient (Wildman–Crippen LogP) is 3.62. The Labute approximate surface area is 323 Å². The van der Waals surface area contributed by atoms with Gasteiger partial charge in [0.15, 0.2) is 0 Å². The largest absolute Gasteiger partial charge is 0.444 e. The molecule has 2 saturated carbocycles. The summed E-state index contributed by atoms with van der Waals surface area (Å²) in [5, 5.41) is 23.7. The van der Waals surface area contributed by atoms with Gasteiger partial charge in [-0.2, -0.15) is 0 Å². The first-order valence-electron chi connectivity index (χ1n) is 19.2. The van der Waals surface area contributed by atoms with E-state index < -0.39 is 29.8 Å². The summed E-state index contributed by atoms with van der Waals surface area (Å²) in [7, 11) is 0. The molecule has 2 heterocycles. The average molecular weight is 757 g/mol. The zero-order chi connectivity index (χ0) is 40.0. The second-order valence-electron chi connectivity index (χ2n) is 16.1. The Balaban J connectivity index is 0.000000218. The van der Waals surface area contributed by atoms with Crippen LogP contribution in [0.1, 0.15) is 95.4 Å². The number of nitrogens with zero attached hydrogens (tertiary/aromatic N) is 2. The smallest absolute Gasteiger partial charge is 0.408 e. The molecular weight excluding hydrogens is 701 g/mol. The number of nitrogens with two attached hydrogens (primary N) is 1. The molecule has 0 radical (unpaired) electrons. The van der Waals surface area contributed by atoms with Crippen molar-refractivity contribution in [3.05, 3.63) is 70.8 Å². The second kappa shape index (κ2) is 17.6. The van der Waals surface area contributed by atoms with Gasteiger partial charge in [-0.1, -0.05) is 48.5 Å². The number of carbonyl (C=O) groups excluding carboxylic acids is 5. The number of rotatable bonds is 13. The predicted molar refractivity (Wildman–Crippen MR) is 208 cm³/mol. The van der Waals surface area contributed by atoms with Crippen LogP contribution in [0, 0.1) is 22.7 Å². The van der Waals surface area contributed by atoms with Gasteiger partial charge >= 0.3 is 6.09 Å². The molecule has 0 aromatic heterocycles. The van der Waals surface area contributed by atoms with Crippen molar-refractivity contribution in [3.8, 4) is 0 Å². The summed E-state index contributed by atoms with van der Waals surface area (Å²) in [6.07, 6.45) is 4.48. The van der Waals surface area contributed by atoms with Gasteiger partial charge in [0.1, 0.15) is 23.7 Å². The van der Waals surface area contributed by atoms with Crippen LogP contribution in [0.4, 0.5) is 4.79 Å². The number of hydrogen-bond donors (Lipinski definition) is 6. The van der Waals surface area contributed by atoms with Gasteiger partial charge in [0.05, 0.1) is 6.04 Å². The van der Waals surface area contributed by atoms with E-state index in [1.807, 2.05) is 48.5 Å². The van der Waals surface area contributed by atoms with E-state index >= 15 is 0 Å². The van der Waals surface area contributed by atoms with E-state index in [-0.39, 0.29) is 35.6 Å². The highest BCUT2D eigenvalue weighted by molar-refractivity contribution is 5.97. The maximum Gasteiger partial charge on any atom is 0.408 e. The summed E-state index contributed by atoms with van der Waals surface area (Å²) < 4.78 is 5.30. The molecule has 2 aromatic carbocycles. The lowest BCUT2D eigenvalue weighted by atomic mass is 9.99. The lowest BCUT2D eigenvalue weighted by Crippen LogP contribution is -2.63. The maximum atomic E-state index is 13.1. The molecule has 2 aromatic rings. The molecular formula is C41H56N8O6. The summed E-state index contributed by atoms with van der Waals surface area (Å²) in [4.78, 5) is 65.7. The number of ether oxygens (including phenoxy) is 1. The first kappa shape index (κ1) is 41.1. The minimum absolute atomic E-state index is 0.0882. The van der Waals surface area contributed by atoms with Crippen LogP contribution in [0.5, 0.6) is 0 Å². The topological polar surface area (TPSA) is 211 Å². The highest BCUT2D eigenvalue weighted by Crippen LogP contribution is 2.35. The fourth-order valence-electron chi connectivity index (χ4n) is 6.48. The molecule has 296 valence electrons. The Morgan fingerprint density at radius 3 is 1.47 bits per heavy atom. The van der Waals surface area contributed by atoms with Crippen molar-refractivity contribution in [1.29, 1.82) is 10.8 Å². The van der Waals surface area contributed by atoms with Crippen LogP contribution >= 0.6 is 0 Å². The van der Waals surface area contributed by atoms with Crippen LogP contribution in [-0.2, 0) is 37.0 Å². The normalized spacial score (nSPS) is 19.9. The van der Waals surface area contributed by atoms with E-state index in [1.54, 1.807) is 44.4 Å². The van der Waals surface area contributed by atoms with Crippen LogP contribution in [0.15, 0.2) is 48.5 Å². The Kier molecular flexibility index (Phi) is 13.1. The highest BCUT2D eigenvalue weighted by atomic mass is 16.6. The van der Waals surface area contributed by atoms with Gasteiger partial charge in [0.2, 0.25) is 23.6 Å². The van der Waals surface area contributed by atoms with Crippen molar-refractivity contribution in [3.63, 3.8) is 0 Å². The molecule has 2 aliphatic carbocycles. The van der Waals surface area contributed by atoms with Gasteiger partial charge in [-0.3, -0.25) is 19.2 Å². The van der Waals surface area contributed by atoms with E-state index in [2.05, 4.69) is 16.0 Å². The van der Waals surface area contributed by atoms with Gasteiger partial charge in [0.25, 0.3) is 0 Å². The van der Waals surface area contributed by atoms with E-state index in [1.165, 1.54) is 0 Å². The Bertz CT molecular complexity index is 1760. The highest BCUT2D eigenvalue weighted by Gasteiger charge is 2.46. The van der Waals surface area contributed by atoms with Gasteiger partial charge in [-0.25, -0.2) is 4.79 Å². The molecule has 55 heavy (non-hydrogen) atoms. The first-order chi connectivity index (χ1) is 26.0. The van der Waals surface area contributed by atoms with E-state index in [0.29, 0.717) is 56.4 Å². The number of benzene rings is 2. The third kappa shape index (κ3) is 11.2. The Morgan fingerprint density at radius 1 is 0.709 bits per heavy atom. The standard InChI is InChI=1S/C23H32N4O4.C18H24N4O2/c1-14(24)16-7-5-15(6-8-16)13-25-20(28)18-11-12-27(18)21(29)19(17-9-10-17)26-22(30)31-23(2,3)4;1-11(19)13-4-2-12(3-5-13)10-21-17(23)15-8-9-22(15)18(24)16(20)14-6-7-14/h5-8,17-19,24H,9-13H2,1-4H3,(H,25,28)(H,26,30);2-5,14-16,19H,6-10,20H2,1H3,(H,21,23)/t18-,19+;15-,16+/m00/s1. The second-order valence-corrected chi connectivity index (χ2v) is 16.1. The van der Waals surface area contributed by atoms with Crippen molar-refractivity contribution in [2.24, 2.45) is 17.6 Å². The van der Waals surface area contributed by atoms with Gasteiger partial charge in [0, 0.05) is 37.6 Å². The molecule has 4 fully saturated rings. The molecule has 14 nitrogen and oxygen atoms in total. The zero-order valence-electron chi connectivity index (χ0n) is 32.6. The molecule has 2 saturated heterocycles. The van der Waals surface area contributed by atoms with Crippen molar-refractivity contribution >= 4 is 41.1 Å². The first-order valence-corrected chi connectivity index (χ1v) is 19.2. The van der Waals surface area contributed by atoms with Gasteiger partial charge < -0.3 is 47.0 Å². The Morgan fingerprint density at radius 2 is 1.13 bits per heavy atom. The monoisotopic (exact) mass is 756 g/mol. The SMILES string of the molecule is CC(=N)c1ccc(CNC(=O)[C@@H]2CCN2C(=O)[C@H](N)C2CC2)cc1.CC(=N)c1ccc(CNC(=O)[C@@H]2CCN2C(=O)[C@H](NC(=O)OC(C)(C)C)C2CC2)cc1. The summed E-state index contributed by atoms with van der Waals surface area (Å²) in [5.74, 6) is -0.221. The molecule has 2 aliphatic heterocycles. The summed E-state index contributed by atoms with van der Waals surface area (Å²) in [5.41, 5.74) is 9.93. The average Bonchev–Trinajstić information content (AvgIpc) is 4.02. The zero-order valence-corrected chi connectivity index (χ0v) is 32.6. The number of alkyl carbamates (subject to hydrolysis) is 1. The lowest BCUT2D eigenvalue weighted by molar-refractivity contribution is -0.149. The van der Waals surface area contributed by atoms with E-state index in [9.17, 15) is 24.0 Å². The molecule has 0 bridgehead atoms. The number of carbonyl (C=O) groups is 5. The van der Waals surface area contributed by atoms with Crippen molar-refractivity contribution in [2.75, 3.05) is 13.1 Å². The fraction of sp³-hybridized carbons (Fsp3) is 0.537. The van der Waals surface area contributed by atoms with Crippen LogP contribution in [0.25, 0.3) is 0 Å². The van der Waals surface area contributed by atoms with Crippen LogP contribution in [-0.4, -0.2) is 93.8 Å². The molecule has 14 heteroatoms. The van der Waals surface area contributed by atoms with Crippen molar-refractivity contribution in [1.82, 2.24) is 25.8 Å². The van der Waals surface area contributed by atoms with Gasteiger partial charge in [-0.15, -0.1) is 0 Å². The number of amides is 5. The maximum absolute atomic E-state index is 13.1. The van der Waals surface area contributed by atoms with E-state index in [0.717, 1.165) is 47.9 Å². The van der Waals surface area contributed by atoms with Crippen molar-refractivity contribution < 1.29 is 28.7 Å². The Hall–Kier alpha value is -5.11. The van der Waals surface area contributed by atoms with E-state index in [4.69, 9.17) is 21.3 Å². The number of likely N-dealkylation sites (tertiary alicyclic amines) is 2. The minimum Gasteiger partial charge on any atom is -0.444 e. The van der Waals surface area contributed by atoms with Gasteiger partial charge in [-0.05, 0) is 107 Å². The molecule has 4 atom stereocenters. The van der Waals surface area contributed by atoms with Crippen LogP contribution < -0.4 is 21.7 Å². The fourth-order valence-corrected chi connectivity index (χ4v) is 6.48. The quantitative estimate of drug-likeness (QED) is 0.167. The molecule has 0 spiro atoms.